The van der Waals surface area contributed by atoms with E-state index in [0.717, 1.165) is 18.7 Å². The molecule has 1 aromatic rings. The molecule has 17 heavy (non-hydrogen) atoms. The highest BCUT2D eigenvalue weighted by atomic mass is 32.1. The van der Waals surface area contributed by atoms with Gasteiger partial charge in [0.2, 0.25) is 16.9 Å². The van der Waals surface area contributed by atoms with Crippen LogP contribution in [0.25, 0.3) is 0 Å². The predicted molar refractivity (Wildman–Crippen MR) is 61.7 cm³/mol. The van der Waals surface area contributed by atoms with Crippen molar-refractivity contribution >= 4 is 28.5 Å². The smallest absolute Gasteiger partial charge is 0.248 e. The van der Waals surface area contributed by atoms with Crippen molar-refractivity contribution in [1.82, 2.24) is 14.7 Å². The maximum Gasteiger partial charge on any atom is 0.248 e. The average Bonchev–Trinajstić information content (AvgIpc) is 2.90. The van der Waals surface area contributed by atoms with E-state index < -0.39 is 6.04 Å². The van der Waals surface area contributed by atoms with E-state index in [9.17, 15) is 9.59 Å². The Morgan fingerprint density at radius 3 is 2.88 bits per heavy atom. The van der Waals surface area contributed by atoms with Gasteiger partial charge >= 0.3 is 0 Å². The summed E-state index contributed by atoms with van der Waals surface area (Å²) in [6.07, 6.45) is 3.26. The second-order valence-corrected chi connectivity index (χ2v) is 5.13. The van der Waals surface area contributed by atoms with Gasteiger partial charge in [-0.25, -0.2) is 4.98 Å². The van der Waals surface area contributed by atoms with E-state index in [0.29, 0.717) is 23.9 Å². The molecule has 1 aliphatic carbocycles. The summed E-state index contributed by atoms with van der Waals surface area (Å²) in [7, 11) is 0. The standard InChI is InChI=1S/C10H12N4O2S/c15-7-4-3-6(11-7)9(16)13-10-12-8(14-17-10)5-1-2-5/h5-6H,1-4H2,(H,11,15)(H,12,13,14,16)/t6-/m0/s1. The van der Waals surface area contributed by atoms with E-state index >= 15 is 0 Å². The zero-order valence-corrected chi connectivity index (χ0v) is 9.92. The van der Waals surface area contributed by atoms with E-state index in [1.165, 1.54) is 11.5 Å². The van der Waals surface area contributed by atoms with E-state index in [2.05, 4.69) is 20.0 Å². The van der Waals surface area contributed by atoms with Gasteiger partial charge in [0, 0.05) is 23.9 Å². The van der Waals surface area contributed by atoms with Crippen LogP contribution in [0.2, 0.25) is 0 Å². The largest absolute Gasteiger partial charge is 0.344 e. The average molecular weight is 252 g/mol. The molecule has 6 nitrogen and oxygen atoms in total. The Hall–Kier alpha value is -1.50. The third-order valence-electron chi connectivity index (χ3n) is 2.93. The lowest BCUT2D eigenvalue weighted by Gasteiger charge is -2.07. The van der Waals surface area contributed by atoms with E-state index in [-0.39, 0.29) is 11.8 Å². The molecule has 7 heteroatoms. The molecule has 3 rings (SSSR count). The quantitative estimate of drug-likeness (QED) is 0.826. The lowest BCUT2D eigenvalue weighted by atomic mass is 10.2. The van der Waals surface area contributed by atoms with E-state index in [1.54, 1.807) is 0 Å². The van der Waals surface area contributed by atoms with Crippen molar-refractivity contribution in [3.8, 4) is 0 Å². The number of amides is 2. The van der Waals surface area contributed by atoms with Crippen molar-refractivity contribution in [1.29, 1.82) is 0 Å². The first-order chi connectivity index (χ1) is 8.22. The summed E-state index contributed by atoms with van der Waals surface area (Å²) in [6, 6.07) is -0.421. The number of anilines is 1. The molecule has 2 amide bonds. The van der Waals surface area contributed by atoms with Crippen LogP contribution in [0.4, 0.5) is 5.13 Å². The van der Waals surface area contributed by atoms with Gasteiger partial charge in [-0.15, -0.1) is 0 Å². The number of hydrogen-bond donors (Lipinski definition) is 2. The third kappa shape index (κ3) is 2.28. The number of hydrogen-bond acceptors (Lipinski definition) is 5. The second kappa shape index (κ2) is 4.06. The lowest BCUT2D eigenvalue weighted by molar-refractivity contribution is -0.122. The van der Waals surface area contributed by atoms with Gasteiger partial charge in [-0.1, -0.05) is 0 Å². The topological polar surface area (TPSA) is 84.0 Å². The lowest BCUT2D eigenvalue weighted by Crippen LogP contribution is -2.37. The molecule has 1 atom stereocenters. The molecule has 1 aromatic heterocycles. The summed E-state index contributed by atoms with van der Waals surface area (Å²) in [5.74, 6) is 1.05. The minimum atomic E-state index is -0.421. The summed E-state index contributed by atoms with van der Waals surface area (Å²) < 4.78 is 4.20. The number of aromatic nitrogens is 2. The summed E-state index contributed by atoms with van der Waals surface area (Å²) in [6.45, 7) is 0. The molecule has 90 valence electrons. The molecule has 0 spiro atoms. The number of nitrogens with one attached hydrogen (secondary N) is 2. The van der Waals surface area contributed by atoms with Gasteiger partial charge in [-0.05, 0) is 19.3 Å². The summed E-state index contributed by atoms with van der Waals surface area (Å²) >= 11 is 1.20. The van der Waals surface area contributed by atoms with Crippen LogP contribution in [-0.4, -0.2) is 27.2 Å². The minimum absolute atomic E-state index is 0.0684. The van der Waals surface area contributed by atoms with Crippen LogP contribution in [0, 0.1) is 0 Å². The van der Waals surface area contributed by atoms with Crippen LogP contribution < -0.4 is 10.6 Å². The van der Waals surface area contributed by atoms with E-state index in [4.69, 9.17) is 0 Å². The van der Waals surface area contributed by atoms with Gasteiger partial charge in [0.1, 0.15) is 11.9 Å². The SMILES string of the molecule is O=C1CC[C@@H](C(=O)Nc2nc(C3CC3)ns2)N1. The molecule has 0 radical (unpaired) electrons. The van der Waals surface area contributed by atoms with Gasteiger partial charge in [-0.2, -0.15) is 4.37 Å². The molecule has 2 fully saturated rings. The molecule has 0 bridgehead atoms. The van der Waals surface area contributed by atoms with Crippen molar-refractivity contribution in [2.24, 2.45) is 0 Å². The highest BCUT2D eigenvalue weighted by molar-refractivity contribution is 7.09. The van der Waals surface area contributed by atoms with Gasteiger partial charge in [0.05, 0.1) is 0 Å². The van der Waals surface area contributed by atoms with Gasteiger partial charge in [0.15, 0.2) is 0 Å². The number of rotatable bonds is 3. The molecule has 2 aliphatic rings. The van der Waals surface area contributed by atoms with Crippen LogP contribution in [0.15, 0.2) is 0 Å². The monoisotopic (exact) mass is 252 g/mol. The Balaban J connectivity index is 1.61. The Kier molecular flexibility index (Phi) is 2.54. The number of nitrogens with zero attached hydrogens (tertiary/aromatic N) is 2. The number of carbonyl (C=O) groups excluding carboxylic acids is 2. The van der Waals surface area contributed by atoms with Crippen molar-refractivity contribution in [3.05, 3.63) is 5.82 Å². The van der Waals surface area contributed by atoms with Crippen LogP contribution >= 0.6 is 11.5 Å². The first-order valence-corrected chi connectivity index (χ1v) is 6.43. The molecular weight excluding hydrogens is 240 g/mol. The zero-order valence-electron chi connectivity index (χ0n) is 9.10. The fraction of sp³-hybridized carbons (Fsp3) is 0.600. The summed E-state index contributed by atoms with van der Waals surface area (Å²) in [4.78, 5) is 27.0. The van der Waals surface area contributed by atoms with Crippen molar-refractivity contribution in [2.75, 3.05) is 5.32 Å². The third-order valence-corrected chi connectivity index (χ3v) is 3.57. The highest BCUT2D eigenvalue weighted by Crippen LogP contribution is 2.39. The molecule has 1 aliphatic heterocycles. The second-order valence-electron chi connectivity index (χ2n) is 4.38. The van der Waals surface area contributed by atoms with Gasteiger partial charge in [-0.3, -0.25) is 14.9 Å². The fourth-order valence-electron chi connectivity index (χ4n) is 1.80. The zero-order chi connectivity index (χ0) is 11.8. The van der Waals surface area contributed by atoms with Gasteiger partial charge < -0.3 is 5.32 Å². The van der Waals surface area contributed by atoms with Crippen LogP contribution in [0.3, 0.4) is 0 Å². The van der Waals surface area contributed by atoms with Crippen molar-refractivity contribution in [2.45, 2.75) is 37.6 Å². The molecule has 1 saturated carbocycles. The van der Waals surface area contributed by atoms with Crippen molar-refractivity contribution < 1.29 is 9.59 Å². The molecule has 0 unspecified atom stereocenters. The molecule has 2 N–H and O–H groups in total. The maximum atomic E-state index is 11.8. The Morgan fingerprint density at radius 2 is 2.24 bits per heavy atom. The Labute approximate surface area is 102 Å². The maximum absolute atomic E-state index is 11.8. The highest BCUT2D eigenvalue weighted by Gasteiger charge is 2.30. The normalized spacial score (nSPS) is 23.5. The van der Waals surface area contributed by atoms with Crippen molar-refractivity contribution in [3.63, 3.8) is 0 Å². The Bertz CT molecular complexity index is 469. The minimum Gasteiger partial charge on any atom is -0.344 e. The number of carbonyl (C=O) groups is 2. The van der Waals surface area contributed by atoms with Crippen LogP contribution in [0.1, 0.15) is 37.4 Å². The van der Waals surface area contributed by atoms with Gasteiger partial charge in [0.25, 0.3) is 0 Å². The van der Waals surface area contributed by atoms with E-state index in [1.807, 2.05) is 0 Å². The summed E-state index contributed by atoms with van der Waals surface area (Å²) in [5.41, 5.74) is 0. The summed E-state index contributed by atoms with van der Waals surface area (Å²) in [5, 5.41) is 5.85. The van der Waals surface area contributed by atoms with Crippen LogP contribution in [0.5, 0.6) is 0 Å². The molecule has 1 saturated heterocycles. The Morgan fingerprint density at radius 1 is 1.41 bits per heavy atom. The fourth-order valence-corrected chi connectivity index (χ4v) is 2.45. The predicted octanol–water partition coefficient (Wildman–Crippen LogP) is 0.633. The van der Waals surface area contributed by atoms with Crippen LogP contribution in [-0.2, 0) is 9.59 Å². The molecule has 0 aromatic carbocycles. The first-order valence-electron chi connectivity index (χ1n) is 5.66. The first kappa shape index (κ1) is 10.6. The molecular formula is C10H12N4O2S. The molecule has 2 heterocycles.